The minimum Gasteiger partial charge on any atom is -0.369 e. The maximum absolute atomic E-state index is 6.04. The van der Waals surface area contributed by atoms with Crippen LogP contribution in [0, 0.1) is 0 Å². The van der Waals surface area contributed by atoms with Crippen molar-refractivity contribution < 1.29 is 0 Å². The summed E-state index contributed by atoms with van der Waals surface area (Å²) in [5.41, 5.74) is 8.80. The Hall–Kier alpha value is -1.02. The summed E-state index contributed by atoms with van der Waals surface area (Å²) in [7, 11) is 0. The second-order valence-electron chi connectivity index (χ2n) is 6.14. The molecule has 0 aliphatic carbocycles. The Bertz CT molecular complexity index is 385. The SMILES string of the molecule is CCC(N)Cc1ccc(N2CCCCCC2CC)cc1. The lowest BCUT2D eigenvalue weighted by molar-refractivity contribution is 0.556. The van der Waals surface area contributed by atoms with Crippen LogP contribution in [0.4, 0.5) is 5.69 Å². The van der Waals surface area contributed by atoms with E-state index in [-0.39, 0.29) is 0 Å². The van der Waals surface area contributed by atoms with Gasteiger partial charge in [-0.05, 0) is 49.8 Å². The molecule has 0 radical (unpaired) electrons. The molecule has 112 valence electrons. The smallest absolute Gasteiger partial charge is 0.0368 e. The molecule has 0 spiro atoms. The van der Waals surface area contributed by atoms with E-state index in [1.54, 1.807) is 0 Å². The first-order valence-electron chi connectivity index (χ1n) is 8.35. The second-order valence-corrected chi connectivity index (χ2v) is 6.14. The predicted molar refractivity (Wildman–Crippen MR) is 88.3 cm³/mol. The average Bonchev–Trinajstić information content (AvgIpc) is 2.73. The molecule has 2 rings (SSSR count). The third-order valence-corrected chi connectivity index (χ3v) is 4.64. The Balaban J connectivity index is 2.07. The molecule has 0 amide bonds. The molecule has 0 saturated carbocycles. The molecule has 0 bridgehead atoms. The van der Waals surface area contributed by atoms with Crippen LogP contribution in [0.15, 0.2) is 24.3 Å². The molecule has 2 unspecified atom stereocenters. The molecule has 1 fully saturated rings. The molecule has 20 heavy (non-hydrogen) atoms. The number of rotatable bonds is 5. The average molecular weight is 274 g/mol. The third-order valence-electron chi connectivity index (χ3n) is 4.64. The van der Waals surface area contributed by atoms with Gasteiger partial charge in [-0.2, -0.15) is 0 Å². The van der Waals surface area contributed by atoms with Crippen molar-refractivity contribution in [3.8, 4) is 0 Å². The van der Waals surface area contributed by atoms with Gasteiger partial charge in [0.1, 0.15) is 0 Å². The minimum absolute atomic E-state index is 0.294. The molecule has 1 aromatic rings. The van der Waals surface area contributed by atoms with E-state index < -0.39 is 0 Å². The van der Waals surface area contributed by atoms with E-state index in [1.807, 2.05) is 0 Å². The van der Waals surface area contributed by atoms with Crippen molar-refractivity contribution in [2.75, 3.05) is 11.4 Å². The van der Waals surface area contributed by atoms with Gasteiger partial charge in [0, 0.05) is 24.3 Å². The van der Waals surface area contributed by atoms with E-state index >= 15 is 0 Å². The van der Waals surface area contributed by atoms with Gasteiger partial charge in [0.15, 0.2) is 0 Å². The predicted octanol–water partition coefficient (Wildman–Crippen LogP) is 4.13. The zero-order valence-electron chi connectivity index (χ0n) is 13.1. The van der Waals surface area contributed by atoms with E-state index in [1.165, 1.54) is 49.9 Å². The van der Waals surface area contributed by atoms with Crippen LogP contribution in [-0.4, -0.2) is 18.6 Å². The van der Waals surface area contributed by atoms with Gasteiger partial charge in [0.05, 0.1) is 0 Å². The summed E-state index contributed by atoms with van der Waals surface area (Å²) >= 11 is 0. The van der Waals surface area contributed by atoms with Gasteiger partial charge < -0.3 is 10.6 Å². The first kappa shape index (κ1) is 15.4. The number of hydrogen-bond donors (Lipinski definition) is 1. The van der Waals surface area contributed by atoms with Crippen molar-refractivity contribution in [3.63, 3.8) is 0 Å². The van der Waals surface area contributed by atoms with Crippen LogP contribution in [0.3, 0.4) is 0 Å². The summed E-state index contributed by atoms with van der Waals surface area (Å²) in [6.45, 7) is 5.69. The van der Waals surface area contributed by atoms with Gasteiger partial charge in [-0.3, -0.25) is 0 Å². The molecular weight excluding hydrogens is 244 g/mol. The van der Waals surface area contributed by atoms with E-state index in [0.717, 1.165) is 18.9 Å². The Labute approximate surface area is 124 Å². The number of nitrogens with zero attached hydrogens (tertiary/aromatic N) is 1. The molecule has 2 N–H and O–H groups in total. The van der Waals surface area contributed by atoms with Gasteiger partial charge in [-0.25, -0.2) is 0 Å². The molecule has 0 aromatic heterocycles. The summed E-state index contributed by atoms with van der Waals surface area (Å²) in [6, 6.07) is 10.1. The first-order valence-corrected chi connectivity index (χ1v) is 8.35. The van der Waals surface area contributed by atoms with Crippen LogP contribution in [0.5, 0.6) is 0 Å². The molecule has 1 aliphatic heterocycles. The summed E-state index contributed by atoms with van der Waals surface area (Å²) in [5, 5.41) is 0. The normalized spacial score (nSPS) is 21.6. The Morgan fingerprint density at radius 1 is 1.15 bits per heavy atom. The lowest BCUT2D eigenvalue weighted by Gasteiger charge is -2.31. The van der Waals surface area contributed by atoms with Gasteiger partial charge >= 0.3 is 0 Å². The largest absolute Gasteiger partial charge is 0.369 e. The zero-order chi connectivity index (χ0) is 14.4. The van der Waals surface area contributed by atoms with E-state index in [2.05, 4.69) is 43.0 Å². The molecule has 2 nitrogen and oxygen atoms in total. The van der Waals surface area contributed by atoms with Crippen molar-refractivity contribution in [3.05, 3.63) is 29.8 Å². The summed E-state index contributed by atoms with van der Waals surface area (Å²) < 4.78 is 0. The number of anilines is 1. The maximum Gasteiger partial charge on any atom is 0.0368 e. The molecule has 1 heterocycles. The fraction of sp³-hybridized carbons (Fsp3) is 0.667. The van der Waals surface area contributed by atoms with Crippen molar-refractivity contribution in [2.24, 2.45) is 5.73 Å². The summed E-state index contributed by atoms with van der Waals surface area (Å²) in [5.74, 6) is 0. The van der Waals surface area contributed by atoms with Crippen LogP contribution < -0.4 is 10.6 Å². The summed E-state index contributed by atoms with van der Waals surface area (Å²) in [6.07, 6.45) is 8.75. The monoisotopic (exact) mass is 274 g/mol. The summed E-state index contributed by atoms with van der Waals surface area (Å²) in [4.78, 5) is 2.62. The second kappa shape index (κ2) is 7.68. The number of hydrogen-bond acceptors (Lipinski definition) is 2. The molecule has 1 aliphatic rings. The number of nitrogens with two attached hydrogens (primary N) is 1. The highest BCUT2D eigenvalue weighted by Crippen LogP contribution is 2.26. The van der Waals surface area contributed by atoms with E-state index in [9.17, 15) is 0 Å². The zero-order valence-corrected chi connectivity index (χ0v) is 13.1. The van der Waals surface area contributed by atoms with Gasteiger partial charge in [0.2, 0.25) is 0 Å². The Morgan fingerprint density at radius 3 is 2.55 bits per heavy atom. The fourth-order valence-corrected chi connectivity index (χ4v) is 3.21. The van der Waals surface area contributed by atoms with Crippen molar-refractivity contribution in [1.82, 2.24) is 0 Å². The van der Waals surface area contributed by atoms with Crippen LogP contribution in [0.25, 0.3) is 0 Å². The fourth-order valence-electron chi connectivity index (χ4n) is 3.21. The molecule has 2 heteroatoms. The topological polar surface area (TPSA) is 29.3 Å². The molecule has 1 aromatic carbocycles. The van der Waals surface area contributed by atoms with Crippen molar-refractivity contribution >= 4 is 5.69 Å². The van der Waals surface area contributed by atoms with Crippen LogP contribution in [0.1, 0.15) is 57.9 Å². The molecular formula is C18H30N2. The lowest BCUT2D eigenvalue weighted by Crippen LogP contribution is -2.34. The molecule has 2 atom stereocenters. The highest BCUT2D eigenvalue weighted by molar-refractivity contribution is 5.49. The van der Waals surface area contributed by atoms with Crippen LogP contribution >= 0.6 is 0 Å². The van der Waals surface area contributed by atoms with E-state index in [0.29, 0.717) is 6.04 Å². The highest BCUT2D eigenvalue weighted by atomic mass is 15.2. The molecule has 1 saturated heterocycles. The lowest BCUT2D eigenvalue weighted by atomic mass is 10.0. The number of benzene rings is 1. The maximum atomic E-state index is 6.04. The third kappa shape index (κ3) is 3.99. The highest BCUT2D eigenvalue weighted by Gasteiger charge is 2.19. The van der Waals surface area contributed by atoms with Crippen molar-refractivity contribution in [1.29, 1.82) is 0 Å². The Kier molecular flexibility index (Phi) is 5.90. The van der Waals surface area contributed by atoms with Gasteiger partial charge in [-0.15, -0.1) is 0 Å². The van der Waals surface area contributed by atoms with E-state index in [4.69, 9.17) is 5.73 Å². The Morgan fingerprint density at radius 2 is 1.90 bits per heavy atom. The van der Waals surface area contributed by atoms with Crippen molar-refractivity contribution in [2.45, 2.75) is 70.9 Å². The van der Waals surface area contributed by atoms with Crippen LogP contribution in [-0.2, 0) is 6.42 Å². The van der Waals surface area contributed by atoms with Gasteiger partial charge in [0.25, 0.3) is 0 Å². The first-order chi connectivity index (χ1) is 9.74. The quantitative estimate of drug-likeness (QED) is 0.875. The van der Waals surface area contributed by atoms with Gasteiger partial charge in [-0.1, -0.05) is 38.8 Å². The van der Waals surface area contributed by atoms with Crippen LogP contribution in [0.2, 0.25) is 0 Å². The standard InChI is InChI=1S/C18H30N2/c1-3-16(19)14-15-9-11-18(12-10-15)20-13-7-5-6-8-17(20)4-2/h9-12,16-17H,3-8,13-14,19H2,1-2H3. The minimum atomic E-state index is 0.294.